The zero-order valence-electron chi connectivity index (χ0n) is 8.55. The molecule has 2 atom stereocenters. The SMILES string of the molecule is CC(CCO)CC(O)CC(=O)OC(=O)O. The maximum Gasteiger partial charge on any atom is 0.513 e. The molecule has 0 saturated heterocycles. The minimum absolute atomic E-state index is 0.0213. The summed E-state index contributed by atoms with van der Waals surface area (Å²) in [5, 5.41) is 26.1. The van der Waals surface area contributed by atoms with Crippen molar-refractivity contribution in [3.05, 3.63) is 0 Å². The first kappa shape index (κ1) is 13.9. The number of aliphatic hydroxyl groups is 2. The summed E-state index contributed by atoms with van der Waals surface area (Å²) in [6.45, 7) is 1.84. The van der Waals surface area contributed by atoms with Gasteiger partial charge < -0.3 is 20.1 Å². The summed E-state index contributed by atoms with van der Waals surface area (Å²) in [6.07, 6.45) is -2.09. The van der Waals surface area contributed by atoms with Gasteiger partial charge in [0.2, 0.25) is 0 Å². The Morgan fingerprint density at radius 2 is 2.00 bits per heavy atom. The molecule has 0 bridgehead atoms. The molecule has 6 nitrogen and oxygen atoms in total. The van der Waals surface area contributed by atoms with Gasteiger partial charge >= 0.3 is 12.1 Å². The van der Waals surface area contributed by atoms with Crippen LogP contribution in [0.1, 0.15) is 26.2 Å². The van der Waals surface area contributed by atoms with E-state index in [1.54, 1.807) is 0 Å². The van der Waals surface area contributed by atoms with Crippen LogP contribution in [-0.4, -0.2) is 40.2 Å². The Hall–Kier alpha value is -1.14. The molecular weight excluding hydrogens is 204 g/mol. The average Bonchev–Trinajstić information content (AvgIpc) is 2.00. The summed E-state index contributed by atoms with van der Waals surface area (Å²) in [4.78, 5) is 20.7. The number of carbonyl (C=O) groups is 2. The lowest BCUT2D eigenvalue weighted by atomic mass is 9.99. The topological polar surface area (TPSA) is 104 Å². The number of carbonyl (C=O) groups excluding carboxylic acids is 1. The van der Waals surface area contributed by atoms with Gasteiger partial charge in [0.1, 0.15) is 0 Å². The summed E-state index contributed by atoms with van der Waals surface area (Å²) in [5.41, 5.74) is 0. The molecule has 3 N–H and O–H groups in total. The third kappa shape index (κ3) is 7.90. The predicted molar refractivity (Wildman–Crippen MR) is 50.2 cm³/mol. The molecule has 0 radical (unpaired) electrons. The Morgan fingerprint density at radius 1 is 1.40 bits per heavy atom. The van der Waals surface area contributed by atoms with E-state index in [4.69, 9.17) is 10.2 Å². The Balaban J connectivity index is 3.77. The Labute approximate surface area is 87.5 Å². The smallest absolute Gasteiger partial charge is 0.449 e. The molecule has 0 aromatic carbocycles. The highest BCUT2D eigenvalue weighted by atomic mass is 16.7. The summed E-state index contributed by atoms with van der Waals surface area (Å²) in [6, 6.07) is 0. The maximum absolute atomic E-state index is 10.8. The molecule has 0 saturated carbocycles. The highest BCUT2D eigenvalue weighted by Gasteiger charge is 2.17. The van der Waals surface area contributed by atoms with E-state index in [0.717, 1.165) is 0 Å². The van der Waals surface area contributed by atoms with Gasteiger partial charge in [0.25, 0.3) is 0 Å². The molecule has 2 unspecified atom stereocenters. The zero-order chi connectivity index (χ0) is 11.8. The van der Waals surface area contributed by atoms with Crippen LogP contribution in [0, 0.1) is 5.92 Å². The van der Waals surface area contributed by atoms with Gasteiger partial charge in [0, 0.05) is 6.61 Å². The number of esters is 1. The number of aliphatic hydroxyl groups excluding tert-OH is 2. The van der Waals surface area contributed by atoms with Crippen molar-refractivity contribution in [2.75, 3.05) is 6.61 Å². The van der Waals surface area contributed by atoms with Crippen LogP contribution in [0.25, 0.3) is 0 Å². The van der Waals surface area contributed by atoms with Crippen molar-refractivity contribution < 1.29 is 29.6 Å². The van der Waals surface area contributed by atoms with Crippen LogP contribution in [0.4, 0.5) is 4.79 Å². The van der Waals surface area contributed by atoms with Gasteiger partial charge in [0.15, 0.2) is 0 Å². The first-order valence-electron chi connectivity index (χ1n) is 4.68. The highest BCUT2D eigenvalue weighted by molar-refractivity contribution is 5.81. The molecular formula is C9H16O6. The van der Waals surface area contributed by atoms with E-state index in [1.807, 2.05) is 6.92 Å². The van der Waals surface area contributed by atoms with Gasteiger partial charge in [-0.1, -0.05) is 6.92 Å². The molecule has 0 aliphatic rings. The molecule has 0 aromatic rings. The molecule has 0 aliphatic heterocycles. The van der Waals surface area contributed by atoms with Crippen LogP contribution in [0.5, 0.6) is 0 Å². The van der Waals surface area contributed by atoms with Gasteiger partial charge in [-0.15, -0.1) is 0 Å². The van der Waals surface area contributed by atoms with E-state index < -0.39 is 18.2 Å². The number of rotatable bonds is 6. The Kier molecular flexibility index (Phi) is 6.64. The molecule has 0 fully saturated rings. The molecule has 6 heteroatoms. The fourth-order valence-electron chi connectivity index (χ4n) is 1.22. The molecule has 0 spiro atoms. The van der Waals surface area contributed by atoms with Gasteiger partial charge in [-0.25, -0.2) is 4.79 Å². The average molecular weight is 220 g/mol. The standard InChI is InChI=1S/C9H16O6/c1-6(2-3-10)4-7(11)5-8(12)15-9(13)14/h6-7,10-11H,2-5H2,1H3,(H,13,14). The summed E-state index contributed by atoms with van der Waals surface area (Å²) in [7, 11) is 0. The number of hydrogen-bond donors (Lipinski definition) is 3. The fourth-order valence-corrected chi connectivity index (χ4v) is 1.22. The van der Waals surface area contributed by atoms with E-state index in [0.29, 0.717) is 12.8 Å². The van der Waals surface area contributed by atoms with Gasteiger partial charge in [-0.05, 0) is 18.8 Å². The van der Waals surface area contributed by atoms with Crippen molar-refractivity contribution in [1.82, 2.24) is 0 Å². The third-order valence-electron chi connectivity index (χ3n) is 1.90. The normalized spacial score (nSPS) is 14.3. The first-order valence-corrected chi connectivity index (χ1v) is 4.68. The minimum atomic E-state index is -1.67. The molecule has 0 aliphatic carbocycles. The number of carboxylic acid groups (broad SMARTS) is 1. The van der Waals surface area contributed by atoms with Crippen molar-refractivity contribution in [2.24, 2.45) is 5.92 Å². The van der Waals surface area contributed by atoms with Crippen molar-refractivity contribution in [3.8, 4) is 0 Å². The van der Waals surface area contributed by atoms with Crippen LogP contribution in [-0.2, 0) is 9.53 Å². The maximum atomic E-state index is 10.8. The van der Waals surface area contributed by atoms with E-state index in [9.17, 15) is 14.7 Å². The van der Waals surface area contributed by atoms with Gasteiger partial charge in [-0.3, -0.25) is 4.79 Å². The van der Waals surface area contributed by atoms with Crippen LogP contribution >= 0.6 is 0 Å². The predicted octanol–water partition coefficient (Wildman–Crippen LogP) is 0.367. The van der Waals surface area contributed by atoms with Crippen LogP contribution < -0.4 is 0 Å². The second kappa shape index (κ2) is 7.19. The third-order valence-corrected chi connectivity index (χ3v) is 1.90. The van der Waals surface area contributed by atoms with Gasteiger partial charge in [-0.2, -0.15) is 0 Å². The summed E-state index contributed by atoms with van der Waals surface area (Å²) >= 11 is 0. The largest absolute Gasteiger partial charge is 0.513 e. The first-order chi connectivity index (χ1) is 6.95. The molecule has 0 amide bonds. The second-order valence-corrected chi connectivity index (χ2v) is 3.45. The molecule has 0 rings (SSSR count). The quantitative estimate of drug-likeness (QED) is 0.441. The molecule has 0 heterocycles. The van der Waals surface area contributed by atoms with Crippen molar-refractivity contribution in [2.45, 2.75) is 32.3 Å². The lowest BCUT2D eigenvalue weighted by molar-refractivity contribution is -0.141. The van der Waals surface area contributed by atoms with Crippen LogP contribution in [0.2, 0.25) is 0 Å². The Morgan fingerprint density at radius 3 is 2.47 bits per heavy atom. The molecule has 88 valence electrons. The van der Waals surface area contributed by atoms with Gasteiger partial charge in [0.05, 0.1) is 12.5 Å². The minimum Gasteiger partial charge on any atom is -0.449 e. The fraction of sp³-hybridized carbons (Fsp3) is 0.778. The second-order valence-electron chi connectivity index (χ2n) is 3.45. The summed E-state index contributed by atoms with van der Waals surface area (Å²) in [5.74, 6) is -0.895. The van der Waals surface area contributed by atoms with Crippen molar-refractivity contribution in [3.63, 3.8) is 0 Å². The molecule has 15 heavy (non-hydrogen) atoms. The van der Waals surface area contributed by atoms with E-state index in [2.05, 4.69) is 4.74 Å². The van der Waals surface area contributed by atoms with Crippen molar-refractivity contribution >= 4 is 12.1 Å². The van der Waals surface area contributed by atoms with Crippen LogP contribution in [0.3, 0.4) is 0 Å². The number of hydrogen-bond acceptors (Lipinski definition) is 5. The number of ether oxygens (including phenoxy) is 1. The Bertz CT molecular complexity index is 215. The highest BCUT2D eigenvalue weighted by Crippen LogP contribution is 2.12. The van der Waals surface area contributed by atoms with E-state index in [-0.39, 0.29) is 18.9 Å². The molecule has 0 aromatic heterocycles. The lowest BCUT2D eigenvalue weighted by Gasteiger charge is -2.14. The zero-order valence-corrected chi connectivity index (χ0v) is 8.55. The van der Waals surface area contributed by atoms with E-state index in [1.165, 1.54) is 0 Å². The van der Waals surface area contributed by atoms with Crippen molar-refractivity contribution in [1.29, 1.82) is 0 Å². The monoisotopic (exact) mass is 220 g/mol. The summed E-state index contributed by atoms with van der Waals surface area (Å²) < 4.78 is 3.83. The lowest BCUT2D eigenvalue weighted by Crippen LogP contribution is -2.20. The van der Waals surface area contributed by atoms with E-state index >= 15 is 0 Å². The van der Waals surface area contributed by atoms with Crippen LogP contribution in [0.15, 0.2) is 0 Å².